The topological polar surface area (TPSA) is 50.9 Å². The summed E-state index contributed by atoms with van der Waals surface area (Å²) in [5.74, 6) is 0.819. The first-order chi connectivity index (χ1) is 8.25. The lowest BCUT2D eigenvalue weighted by Crippen LogP contribution is -2.17. The molecule has 0 spiro atoms. The van der Waals surface area contributed by atoms with E-state index in [9.17, 15) is 0 Å². The van der Waals surface area contributed by atoms with Gasteiger partial charge in [0.2, 0.25) is 0 Å². The molecule has 0 bridgehead atoms. The normalized spacial score (nSPS) is 16.7. The maximum atomic E-state index is 5.50. The number of nitrogens with one attached hydrogen (secondary N) is 1. The molecule has 1 heterocycles. The highest BCUT2D eigenvalue weighted by molar-refractivity contribution is 7.80. The van der Waals surface area contributed by atoms with Crippen LogP contribution in [-0.2, 0) is 0 Å². The Morgan fingerprint density at radius 2 is 2.12 bits per heavy atom. The molecule has 2 rings (SSSR count). The molecule has 3 nitrogen and oxygen atoms in total. The van der Waals surface area contributed by atoms with Gasteiger partial charge in [-0.2, -0.15) is 0 Å². The Kier molecular flexibility index (Phi) is 4.31. The van der Waals surface area contributed by atoms with Crippen molar-refractivity contribution in [2.45, 2.75) is 32.1 Å². The molecule has 1 aromatic heterocycles. The second-order valence-electron chi connectivity index (χ2n) is 4.68. The SMILES string of the molecule is NC(=S)c1ccc(NCC2CCCCC2)cn1. The number of thiocarbonyl (C=S) groups is 1. The standard InChI is InChI=1S/C13H19N3S/c14-13(17)12-7-6-11(9-16-12)15-8-10-4-2-1-3-5-10/h6-7,9-10,15H,1-5,8H2,(H2,14,17). The van der Waals surface area contributed by atoms with Crippen LogP contribution in [0.2, 0.25) is 0 Å². The highest BCUT2D eigenvalue weighted by Crippen LogP contribution is 2.23. The molecule has 4 heteroatoms. The van der Waals surface area contributed by atoms with Crippen LogP contribution in [0, 0.1) is 5.92 Å². The van der Waals surface area contributed by atoms with Gasteiger partial charge in [-0.05, 0) is 30.9 Å². The Morgan fingerprint density at radius 1 is 1.35 bits per heavy atom. The molecule has 1 fully saturated rings. The van der Waals surface area contributed by atoms with Crippen molar-refractivity contribution < 1.29 is 0 Å². The second kappa shape index (κ2) is 5.96. The summed E-state index contributed by atoms with van der Waals surface area (Å²) in [6, 6.07) is 3.86. The van der Waals surface area contributed by atoms with E-state index in [0.29, 0.717) is 10.7 Å². The van der Waals surface area contributed by atoms with Gasteiger partial charge >= 0.3 is 0 Å². The molecule has 3 N–H and O–H groups in total. The van der Waals surface area contributed by atoms with Gasteiger partial charge < -0.3 is 11.1 Å². The minimum atomic E-state index is 0.351. The Bertz CT molecular complexity index is 369. The first-order valence-electron chi connectivity index (χ1n) is 6.25. The van der Waals surface area contributed by atoms with Crippen LogP contribution >= 0.6 is 12.2 Å². The number of anilines is 1. The first-order valence-corrected chi connectivity index (χ1v) is 6.66. The Balaban J connectivity index is 1.84. The molecule has 1 aliphatic rings. The monoisotopic (exact) mass is 249 g/mol. The van der Waals surface area contributed by atoms with Crippen molar-refractivity contribution in [1.29, 1.82) is 0 Å². The van der Waals surface area contributed by atoms with Crippen molar-refractivity contribution in [3.8, 4) is 0 Å². The summed E-state index contributed by atoms with van der Waals surface area (Å²) in [4.78, 5) is 4.56. The summed E-state index contributed by atoms with van der Waals surface area (Å²) >= 11 is 4.87. The minimum Gasteiger partial charge on any atom is -0.388 e. The lowest BCUT2D eigenvalue weighted by atomic mass is 9.89. The summed E-state index contributed by atoms with van der Waals surface area (Å²) in [6.07, 6.45) is 8.67. The molecule has 92 valence electrons. The van der Waals surface area contributed by atoms with E-state index in [1.807, 2.05) is 12.1 Å². The molecule has 0 atom stereocenters. The first kappa shape index (κ1) is 12.3. The minimum absolute atomic E-state index is 0.351. The van der Waals surface area contributed by atoms with E-state index < -0.39 is 0 Å². The van der Waals surface area contributed by atoms with E-state index in [4.69, 9.17) is 18.0 Å². The third kappa shape index (κ3) is 3.66. The summed E-state index contributed by atoms with van der Waals surface area (Å²) in [5.41, 5.74) is 7.24. The van der Waals surface area contributed by atoms with Crippen molar-refractivity contribution in [1.82, 2.24) is 4.98 Å². The summed E-state index contributed by atoms with van der Waals surface area (Å²) in [6.45, 7) is 1.05. The summed E-state index contributed by atoms with van der Waals surface area (Å²) in [5, 5.41) is 3.43. The summed E-state index contributed by atoms with van der Waals surface area (Å²) in [7, 11) is 0. The van der Waals surface area contributed by atoms with Crippen LogP contribution in [0.15, 0.2) is 18.3 Å². The van der Waals surface area contributed by atoms with E-state index in [-0.39, 0.29) is 0 Å². The van der Waals surface area contributed by atoms with Gasteiger partial charge in [0.1, 0.15) is 4.99 Å². The highest BCUT2D eigenvalue weighted by atomic mass is 32.1. The van der Waals surface area contributed by atoms with Crippen molar-refractivity contribution in [3.05, 3.63) is 24.0 Å². The molecule has 0 saturated heterocycles. The van der Waals surface area contributed by atoms with E-state index >= 15 is 0 Å². The quantitative estimate of drug-likeness (QED) is 0.806. The van der Waals surface area contributed by atoms with E-state index in [1.165, 1.54) is 32.1 Å². The maximum absolute atomic E-state index is 5.50. The van der Waals surface area contributed by atoms with Crippen LogP contribution in [0.25, 0.3) is 0 Å². The lowest BCUT2D eigenvalue weighted by Gasteiger charge is -2.22. The van der Waals surface area contributed by atoms with Gasteiger partial charge in [-0.15, -0.1) is 0 Å². The van der Waals surface area contributed by atoms with E-state index in [0.717, 1.165) is 18.2 Å². The number of nitrogens with zero attached hydrogens (tertiary/aromatic N) is 1. The Morgan fingerprint density at radius 3 is 2.71 bits per heavy atom. The zero-order valence-corrected chi connectivity index (χ0v) is 10.8. The van der Waals surface area contributed by atoms with Crippen LogP contribution in [-0.4, -0.2) is 16.5 Å². The largest absolute Gasteiger partial charge is 0.388 e. The molecular weight excluding hydrogens is 230 g/mol. The van der Waals surface area contributed by atoms with Gasteiger partial charge in [-0.3, -0.25) is 4.98 Å². The number of nitrogens with two attached hydrogens (primary N) is 1. The van der Waals surface area contributed by atoms with Crippen LogP contribution < -0.4 is 11.1 Å². The van der Waals surface area contributed by atoms with Gasteiger partial charge in [0.05, 0.1) is 17.6 Å². The predicted octanol–water partition coefficient (Wildman–Crippen LogP) is 2.71. The number of rotatable bonds is 4. The molecule has 0 aliphatic heterocycles. The van der Waals surface area contributed by atoms with Crippen molar-refractivity contribution >= 4 is 22.9 Å². The number of pyridine rings is 1. The fraction of sp³-hybridized carbons (Fsp3) is 0.538. The third-order valence-electron chi connectivity index (χ3n) is 3.34. The zero-order chi connectivity index (χ0) is 12.1. The Labute approximate surface area is 108 Å². The van der Waals surface area contributed by atoms with Crippen LogP contribution in [0.4, 0.5) is 5.69 Å². The Hall–Kier alpha value is -1.16. The van der Waals surface area contributed by atoms with Crippen molar-refractivity contribution in [3.63, 3.8) is 0 Å². The van der Waals surface area contributed by atoms with Gasteiger partial charge in [-0.25, -0.2) is 0 Å². The summed E-state index contributed by atoms with van der Waals surface area (Å²) < 4.78 is 0. The van der Waals surface area contributed by atoms with Crippen molar-refractivity contribution in [2.75, 3.05) is 11.9 Å². The van der Waals surface area contributed by atoms with Gasteiger partial charge in [0, 0.05) is 6.54 Å². The molecule has 1 saturated carbocycles. The molecule has 0 aromatic carbocycles. The van der Waals surface area contributed by atoms with Gasteiger partial charge in [-0.1, -0.05) is 31.5 Å². The van der Waals surface area contributed by atoms with Crippen LogP contribution in [0.3, 0.4) is 0 Å². The molecule has 1 aromatic rings. The van der Waals surface area contributed by atoms with Crippen LogP contribution in [0.5, 0.6) is 0 Å². The molecule has 1 aliphatic carbocycles. The second-order valence-corrected chi connectivity index (χ2v) is 5.12. The van der Waals surface area contributed by atoms with E-state index in [1.54, 1.807) is 6.20 Å². The van der Waals surface area contributed by atoms with Crippen LogP contribution in [0.1, 0.15) is 37.8 Å². The molecule has 0 amide bonds. The lowest BCUT2D eigenvalue weighted by molar-refractivity contribution is 0.373. The number of hydrogen-bond acceptors (Lipinski definition) is 3. The van der Waals surface area contributed by atoms with Gasteiger partial charge in [0.15, 0.2) is 0 Å². The van der Waals surface area contributed by atoms with Gasteiger partial charge in [0.25, 0.3) is 0 Å². The van der Waals surface area contributed by atoms with E-state index in [2.05, 4.69) is 10.3 Å². The maximum Gasteiger partial charge on any atom is 0.122 e. The number of aromatic nitrogens is 1. The third-order valence-corrected chi connectivity index (χ3v) is 3.54. The molecular formula is C13H19N3S. The fourth-order valence-electron chi connectivity index (χ4n) is 2.30. The zero-order valence-electron chi connectivity index (χ0n) is 9.98. The van der Waals surface area contributed by atoms with Crippen molar-refractivity contribution in [2.24, 2.45) is 11.7 Å². The smallest absolute Gasteiger partial charge is 0.122 e. The average molecular weight is 249 g/mol. The fourth-order valence-corrected chi connectivity index (χ4v) is 2.42. The predicted molar refractivity (Wildman–Crippen MR) is 75.2 cm³/mol. The molecule has 0 unspecified atom stereocenters. The number of hydrogen-bond donors (Lipinski definition) is 2. The highest BCUT2D eigenvalue weighted by Gasteiger charge is 2.12. The molecule has 0 radical (unpaired) electrons. The average Bonchev–Trinajstić information content (AvgIpc) is 2.38. The molecule has 17 heavy (non-hydrogen) atoms.